The lowest BCUT2D eigenvalue weighted by molar-refractivity contribution is -0.132. The van der Waals surface area contributed by atoms with Crippen LogP contribution >= 0.6 is 23.2 Å². The fourth-order valence-electron chi connectivity index (χ4n) is 3.90. The van der Waals surface area contributed by atoms with Crippen molar-refractivity contribution in [3.8, 4) is 11.5 Å². The standard InChI is InChI=1S/C25H19Cl2NO5/c1-32-17-10-6-7-14(11-17)21-20(22(29)18-12-15(26)13-19(27)24(18)33-2)23(30)25(31)28(21)16-8-4-3-5-9-16/h3-13,21,29H,1-2H3/b22-20+. The molecule has 33 heavy (non-hydrogen) atoms. The first-order valence-corrected chi connectivity index (χ1v) is 10.7. The maximum atomic E-state index is 13.3. The first kappa shape index (κ1) is 22.7. The smallest absolute Gasteiger partial charge is 0.300 e. The van der Waals surface area contributed by atoms with Gasteiger partial charge < -0.3 is 14.6 Å². The van der Waals surface area contributed by atoms with Crippen LogP contribution in [0.4, 0.5) is 5.69 Å². The SMILES string of the molecule is COc1cccc(C2/C(=C(\O)c3cc(Cl)cc(Cl)c3OC)C(=O)C(=O)N2c2ccccc2)c1. The van der Waals surface area contributed by atoms with Crippen LogP contribution in [0.5, 0.6) is 11.5 Å². The monoisotopic (exact) mass is 483 g/mol. The summed E-state index contributed by atoms with van der Waals surface area (Å²) in [6.07, 6.45) is 0. The van der Waals surface area contributed by atoms with Gasteiger partial charge in [-0.25, -0.2) is 0 Å². The van der Waals surface area contributed by atoms with Gasteiger partial charge in [-0.2, -0.15) is 0 Å². The molecule has 4 rings (SSSR count). The molecule has 0 saturated carbocycles. The second-order valence-corrected chi connectivity index (χ2v) is 8.09. The molecule has 8 heteroatoms. The highest BCUT2D eigenvalue weighted by Gasteiger charge is 2.47. The minimum absolute atomic E-state index is 0.106. The summed E-state index contributed by atoms with van der Waals surface area (Å²) < 4.78 is 10.7. The van der Waals surface area contributed by atoms with Crippen LogP contribution in [0.3, 0.4) is 0 Å². The third-order valence-corrected chi connectivity index (χ3v) is 5.85. The van der Waals surface area contributed by atoms with Gasteiger partial charge in [-0.1, -0.05) is 53.5 Å². The molecule has 1 unspecified atom stereocenters. The fourth-order valence-corrected chi connectivity index (χ4v) is 4.47. The third kappa shape index (κ3) is 4.03. The van der Waals surface area contributed by atoms with Crippen molar-refractivity contribution in [3.05, 3.63) is 93.5 Å². The number of aliphatic hydroxyl groups is 1. The Balaban J connectivity index is 2.02. The number of ether oxygens (including phenoxy) is 2. The van der Waals surface area contributed by atoms with E-state index in [4.69, 9.17) is 32.7 Å². The van der Waals surface area contributed by atoms with E-state index in [1.165, 1.54) is 31.3 Å². The van der Waals surface area contributed by atoms with Crippen molar-refractivity contribution >= 4 is 46.3 Å². The van der Waals surface area contributed by atoms with Crippen LogP contribution in [0, 0.1) is 0 Å². The lowest BCUT2D eigenvalue weighted by Gasteiger charge is -2.26. The number of amides is 1. The number of carbonyl (C=O) groups is 2. The van der Waals surface area contributed by atoms with E-state index in [2.05, 4.69) is 0 Å². The summed E-state index contributed by atoms with van der Waals surface area (Å²) in [7, 11) is 2.90. The van der Waals surface area contributed by atoms with Crippen LogP contribution < -0.4 is 14.4 Å². The Kier molecular flexibility index (Phi) is 6.31. The van der Waals surface area contributed by atoms with Gasteiger partial charge in [0.15, 0.2) is 0 Å². The zero-order valence-corrected chi connectivity index (χ0v) is 19.2. The number of carbonyl (C=O) groups excluding carboxylic acids is 2. The van der Waals surface area contributed by atoms with Crippen molar-refractivity contribution in [3.63, 3.8) is 0 Å². The van der Waals surface area contributed by atoms with E-state index >= 15 is 0 Å². The number of hydrogen-bond acceptors (Lipinski definition) is 5. The number of anilines is 1. The van der Waals surface area contributed by atoms with Gasteiger partial charge in [-0.15, -0.1) is 0 Å². The molecular formula is C25H19Cl2NO5. The van der Waals surface area contributed by atoms with Gasteiger partial charge in [0.1, 0.15) is 17.3 Å². The van der Waals surface area contributed by atoms with Gasteiger partial charge in [-0.05, 0) is 42.0 Å². The Morgan fingerprint density at radius 2 is 1.67 bits per heavy atom. The Labute approximate surface area is 200 Å². The largest absolute Gasteiger partial charge is 0.507 e. The van der Waals surface area contributed by atoms with E-state index < -0.39 is 23.5 Å². The Morgan fingerprint density at radius 1 is 0.939 bits per heavy atom. The van der Waals surface area contributed by atoms with E-state index in [1.807, 2.05) is 0 Å². The molecule has 0 spiro atoms. The number of benzene rings is 3. The number of para-hydroxylation sites is 1. The summed E-state index contributed by atoms with van der Waals surface area (Å²) in [4.78, 5) is 27.8. The summed E-state index contributed by atoms with van der Waals surface area (Å²) in [5.74, 6) is -1.39. The average molecular weight is 484 g/mol. The summed E-state index contributed by atoms with van der Waals surface area (Å²) in [5.41, 5.74) is 1.07. The van der Waals surface area contributed by atoms with Gasteiger partial charge in [0.25, 0.3) is 11.7 Å². The number of nitrogens with zero attached hydrogens (tertiary/aromatic N) is 1. The molecule has 1 N–H and O–H groups in total. The molecule has 3 aromatic rings. The summed E-state index contributed by atoms with van der Waals surface area (Å²) in [5, 5.41) is 11.7. The van der Waals surface area contributed by atoms with Crippen molar-refractivity contribution in [2.45, 2.75) is 6.04 Å². The average Bonchev–Trinajstić information content (AvgIpc) is 3.09. The normalized spacial score (nSPS) is 17.3. The van der Waals surface area contributed by atoms with Gasteiger partial charge in [-0.3, -0.25) is 14.5 Å². The number of aliphatic hydroxyl groups excluding tert-OH is 1. The van der Waals surface area contributed by atoms with Gasteiger partial charge in [0, 0.05) is 10.7 Å². The zero-order chi connectivity index (χ0) is 23.7. The Hall–Kier alpha value is -3.48. The molecule has 1 aliphatic rings. The molecule has 0 radical (unpaired) electrons. The molecule has 1 aliphatic heterocycles. The number of ketones is 1. The van der Waals surface area contributed by atoms with Crippen LogP contribution in [0.1, 0.15) is 17.2 Å². The van der Waals surface area contributed by atoms with Crippen LogP contribution in [-0.4, -0.2) is 31.0 Å². The molecule has 168 valence electrons. The van der Waals surface area contributed by atoms with Gasteiger partial charge >= 0.3 is 0 Å². The maximum Gasteiger partial charge on any atom is 0.300 e. The summed E-state index contributed by atoms with van der Waals surface area (Å²) in [6, 6.07) is 17.7. The van der Waals surface area contributed by atoms with Crippen LogP contribution in [0.15, 0.2) is 72.3 Å². The second kappa shape index (κ2) is 9.17. The van der Waals surface area contributed by atoms with E-state index in [9.17, 15) is 14.7 Å². The van der Waals surface area contributed by atoms with Crippen molar-refractivity contribution in [2.75, 3.05) is 19.1 Å². The van der Waals surface area contributed by atoms with E-state index in [0.29, 0.717) is 17.0 Å². The van der Waals surface area contributed by atoms with Crippen molar-refractivity contribution < 1.29 is 24.2 Å². The highest BCUT2D eigenvalue weighted by Crippen LogP contribution is 2.45. The highest BCUT2D eigenvalue weighted by atomic mass is 35.5. The quantitative estimate of drug-likeness (QED) is 0.288. The molecule has 1 saturated heterocycles. The number of hydrogen-bond donors (Lipinski definition) is 1. The molecule has 1 heterocycles. The Morgan fingerprint density at radius 3 is 2.33 bits per heavy atom. The summed E-state index contributed by atoms with van der Waals surface area (Å²) >= 11 is 12.4. The van der Waals surface area contributed by atoms with Crippen molar-refractivity contribution in [2.24, 2.45) is 0 Å². The van der Waals surface area contributed by atoms with E-state index in [1.54, 1.807) is 54.6 Å². The second-order valence-electron chi connectivity index (χ2n) is 7.25. The first-order chi connectivity index (χ1) is 15.9. The van der Waals surface area contributed by atoms with Crippen LogP contribution in [0.2, 0.25) is 10.0 Å². The van der Waals surface area contributed by atoms with E-state index in [0.717, 1.165) is 0 Å². The van der Waals surface area contributed by atoms with Crippen molar-refractivity contribution in [1.82, 2.24) is 0 Å². The molecule has 1 atom stereocenters. The third-order valence-electron chi connectivity index (χ3n) is 5.36. The molecule has 0 aliphatic carbocycles. The zero-order valence-electron chi connectivity index (χ0n) is 17.7. The summed E-state index contributed by atoms with van der Waals surface area (Å²) in [6.45, 7) is 0. The predicted molar refractivity (Wildman–Crippen MR) is 127 cm³/mol. The molecule has 1 fully saturated rings. The van der Waals surface area contributed by atoms with Crippen LogP contribution in [0.25, 0.3) is 5.76 Å². The van der Waals surface area contributed by atoms with Gasteiger partial charge in [0.05, 0.1) is 36.4 Å². The lowest BCUT2D eigenvalue weighted by atomic mass is 9.94. The molecule has 1 amide bonds. The molecular weight excluding hydrogens is 465 g/mol. The predicted octanol–water partition coefficient (Wildman–Crippen LogP) is 5.64. The maximum absolute atomic E-state index is 13.3. The van der Waals surface area contributed by atoms with Crippen molar-refractivity contribution in [1.29, 1.82) is 0 Å². The molecule has 0 bridgehead atoms. The molecule has 0 aromatic heterocycles. The number of Topliss-reactive ketones (excluding diaryl/α,β-unsaturated/α-hetero) is 1. The van der Waals surface area contributed by atoms with Gasteiger partial charge in [0.2, 0.25) is 0 Å². The van der Waals surface area contributed by atoms with Crippen LogP contribution in [-0.2, 0) is 9.59 Å². The minimum Gasteiger partial charge on any atom is -0.507 e. The number of rotatable bonds is 5. The lowest BCUT2D eigenvalue weighted by Crippen LogP contribution is -2.29. The fraction of sp³-hybridized carbons (Fsp3) is 0.120. The van der Waals surface area contributed by atoms with E-state index in [-0.39, 0.29) is 26.9 Å². The highest BCUT2D eigenvalue weighted by molar-refractivity contribution is 6.51. The number of halogens is 2. The Bertz CT molecular complexity index is 1270. The topological polar surface area (TPSA) is 76.1 Å². The minimum atomic E-state index is -0.926. The molecule has 3 aromatic carbocycles. The molecule has 6 nitrogen and oxygen atoms in total. The first-order valence-electron chi connectivity index (χ1n) is 9.90. The number of methoxy groups -OCH3 is 2.